The molecule has 1 saturated carbocycles. The molecule has 1 aliphatic rings. The summed E-state index contributed by atoms with van der Waals surface area (Å²) in [6.45, 7) is 2.18. The van der Waals surface area contributed by atoms with Crippen molar-refractivity contribution in [3.8, 4) is 0 Å². The summed E-state index contributed by atoms with van der Waals surface area (Å²) in [7, 11) is 0. The molecule has 3 N–H and O–H groups in total. The monoisotopic (exact) mass is 204 g/mol. The van der Waals surface area contributed by atoms with Crippen LogP contribution in [-0.2, 0) is 6.42 Å². The standard InChI is InChI=1S/C13H20N2/c1-2-10-5-7-12(8-6-10)13(15-14)9-11-3-4-11/h5-8,11,13,15H,2-4,9,14H2,1H3. The SMILES string of the molecule is CCc1ccc(C(CC2CC2)NN)cc1. The Kier molecular flexibility index (Phi) is 3.39. The molecule has 0 amide bonds. The minimum absolute atomic E-state index is 0.336. The lowest BCUT2D eigenvalue weighted by Gasteiger charge is -2.16. The van der Waals surface area contributed by atoms with Crippen molar-refractivity contribution in [3.05, 3.63) is 35.4 Å². The highest BCUT2D eigenvalue weighted by Gasteiger charge is 2.25. The molecular weight excluding hydrogens is 184 g/mol. The number of hydrazine groups is 1. The van der Waals surface area contributed by atoms with Crippen LogP contribution in [0.1, 0.15) is 43.4 Å². The molecule has 0 radical (unpaired) electrons. The Labute approximate surface area is 91.8 Å². The fourth-order valence-electron chi connectivity index (χ4n) is 1.97. The van der Waals surface area contributed by atoms with Gasteiger partial charge in [-0.3, -0.25) is 11.3 Å². The Morgan fingerprint density at radius 1 is 1.33 bits per heavy atom. The van der Waals surface area contributed by atoms with Crippen molar-refractivity contribution in [2.24, 2.45) is 11.8 Å². The highest BCUT2D eigenvalue weighted by Crippen LogP contribution is 2.37. The van der Waals surface area contributed by atoms with Gasteiger partial charge in [0.05, 0.1) is 0 Å². The van der Waals surface area contributed by atoms with E-state index in [1.165, 1.54) is 30.4 Å². The van der Waals surface area contributed by atoms with Gasteiger partial charge in [0.1, 0.15) is 0 Å². The van der Waals surface area contributed by atoms with Crippen LogP contribution in [0.4, 0.5) is 0 Å². The third-order valence-electron chi connectivity index (χ3n) is 3.26. The summed E-state index contributed by atoms with van der Waals surface area (Å²) in [5.74, 6) is 6.50. The fraction of sp³-hybridized carbons (Fsp3) is 0.538. The van der Waals surface area contributed by atoms with E-state index in [1.54, 1.807) is 0 Å². The van der Waals surface area contributed by atoms with Gasteiger partial charge in [-0.2, -0.15) is 0 Å². The van der Waals surface area contributed by atoms with Crippen molar-refractivity contribution < 1.29 is 0 Å². The summed E-state index contributed by atoms with van der Waals surface area (Å²) >= 11 is 0. The smallest absolute Gasteiger partial charge is 0.0462 e. The minimum Gasteiger partial charge on any atom is -0.271 e. The van der Waals surface area contributed by atoms with Gasteiger partial charge in [-0.1, -0.05) is 44.0 Å². The Morgan fingerprint density at radius 3 is 2.47 bits per heavy atom. The van der Waals surface area contributed by atoms with Gasteiger partial charge in [0.2, 0.25) is 0 Å². The van der Waals surface area contributed by atoms with Crippen molar-refractivity contribution >= 4 is 0 Å². The van der Waals surface area contributed by atoms with Crippen molar-refractivity contribution in [1.82, 2.24) is 5.43 Å². The summed E-state index contributed by atoms with van der Waals surface area (Å²) in [6, 6.07) is 9.14. The molecule has 0 heterocycles. The molecule has 2 heteroatoms. The van der Waals surface area contributed by atoms with Crippen LogP contribution < -0.4 is 11.3 Å². The topological polar surface area (TPSA) is 38.0 Å². The van der Waals surface area contributed by atoms with E-state index in [0.717, 1.165) is 12.3 Å². The molecule has 82 valence electrons. The van der Waals surface area contributed by atoms with E-state index in [0.29, 0.717) is 6.04 Å². The molecule has 0 saturated heterocycles. The van der Waals surface area contributed by atoms with E-state index in [4.69, 9.17) is 5.84 Å². The Hall–Kier alpha value is -0.860. The van der Waals surface area contributed by atoms with Crippen LogP contribution in [-0.4, -0.2) is 0 Å². The van der Waals surface area contributed by atoms with Gasteiger partial charge < -0.3 is 0 Å². The molecule has 0 spiro atoms. The number of nitrogens with one attached hydrogen (secondary N) is 1. The van der Waals surface area contributed by atoms with E-state index in [1.807, 2.05) is 0 Å². The molecule has 2 rings (SSSR count). The second kappa shape index (κ2) is 4.77. The molecule has 0 aliphatic heterocycles. The van der Waals surface area contributed by atoms with E-state index < -0.39 is 0 Å². The van der Waals surface area contributed by atoms with Crippen LogP contribution in [0.25, 0.3) is 0 Å². The Balaban J connectivity index is 2.03. The molecular formula is C13H20N2. The first-order valence-corrected chi connectivity index (χ1v) is 5.88. The van der Waals surface area contributed by atoms with E-state index in [-0.39, 0.29) is 0 Å². The largest absolute Gasteiger partial charge is 0.271 e. The quantitative estimate of drug-likeness (QED) is 0.571. The number of nitrogens with two attached hydrogens (primary N) is 1. The number of hydrogen-bond acceptors (Lipinski definition) is 2. The molecule has 2 nitrogen and oxygen atoms in total. The minimum atomic E-state index is 0.336. The second-order valence-electron chi connectivity index (χ2n) is 4.49. The summed E-state index contributed by atoms with van der Waals surface area (Å²) in [4.78, 5) is 0. The third kappa shape index (κ3) is 2.80. The zero-order valence-electron chi connectivity index (χ0n) is 9.37. The van der Waals surface area contributed by atoms with Gasteiger partial charge in [0, 0.05) is 6.04 Å². The van der Waals surface area contributed by atoms with Crippen LogP contribution >= 0.6 is 0 Å². The summed E-state index contributed by atoms with van der Waals surface area (Å²) in [6.07, 6.45) is 5.04. The number of aryl methyl sites for hydroxylation is 1. The van der Waals surface area contributed by atoms with Gasteiger partial charge in [0.25, 0.3) is 0 Å². The lowest BCUT2D eigenvalue weighted by Crippen LogP contribution is -2.28. The maximum Gasteiger partial charge on any atom is 0.0462 e. The molecule has 15 heavy (non-hydrogen) atoms. The normalized spacial score (nSPS) is 17.7. The molecule has 1 unspecified atom stereocenters. The maximum absolute atomic E-state index is 5.60. The predicted molar refractivity (Wildman–Crippen MR) is 63.2 cm³/mol. The van der Waals surface area contributed by atoms with Crippen molar-refractivity contribution in [2.45, 2.75) is 38.6 Å². The van der Waals surface area contributed by atoms with Gasteiger partial charge in [-0.05, 0) is 29.9 Å². The second-order valence-corrected chi connectivity index (χ2v) is 4.49. The molecule has 1 atom stereocenters. The van der Waals surface area contributed by atoms with E-state index in [9.17, 15) is 0 Å². The van der Waals surface area contributed by atoms with Gasteiger partial charge >= 0.3 is 0 Å². The lowest BCUT2D eigenvalue weighted by molar-refractivity contribution is 0.487. The summed E-state index contributed by atoms with van der Waals surface area (Å²) in [5, 5.41) is 0. The van der Waals surface area contributed by atoms with Gasteiger partial charge in [-0.15, -0.1) is 0 Å². The van der Waals surface area contributed by atoms with Crippen molar-refractivity contribution in [2.75, 3.05) is 0 Å². The van der Waals surface area contributed by atoms with E-state index >= 15 is 0 Å². The van der Waals surface area contributed by atoms with Crippen LogP contribution in [0.15, 0.2) is 24.3 Å². The average molecular weight is 204 g/mol. The molecule has 1 aliphatic carbocycles. The Morgan fingerprint density at radius 2 is 2.00 bits per heavy atom. The third-order valence-corrected chi connectivity index (χ3v) is 3.26. The molecule has 0 aromatic heterocycles. The first-order valence-electron chi connectivity index (χ1n) is 5.88. The molecule has 1 fully saturated rings. The number of hydrogen-bond donors (Lipinski definition) is 2. The fourth-order valence-corrected chi connectivity index (χ4v) is 1.97. The maximum atomic E-state index is 5.60. The van der Waals surface area contributed by atoms with Gasteiger partial charge in [0.15, 0.2) is 0 Å². The van der Waals surface area contributed by atoms with Gasteiger partial charge in [-0.25, -0.2) is 0 Å². The van der Waals surface area contributed by atoms with Crippen LogP contribution in [0, 0.1) is 5.92 Å². The summed E-state index contributed by atoms with van der Waals surface area (Å²) in [5.41, 5.74) is 5.64. The first-order chi connectivity index (χ1) is 7.33. The van der Waals surface area contributed by atoms with Crippen molar-refractivity contribution in [3.63, 3.8) is 0 Å². The first kappa shape index (κ1) is 10.7. The zero-order chi connectivity index (χ0) is 10.7. The van der Waals surface area contributed by atoms with E-state index in [2.05, 4.69) is 36.6 Å². The highest BCUT2D eigenvalue weighted by molar-refractivity contribution is 5.25. The lowest BCUT2D eigenvalue weighted by atomic mass is 10.00. The number of rotatable bonds is 5. The zero-order valence-corrected chi connectivity index (χ0v) is 9.37. The molecule has 1 aromatic carbocycles. The molecule has 0 bridgehead atoms. The number of benzene rings is 1. The average Bonchev–Trinajstić information content (AvgIpc) is 3.10. The summed E-state index contributed by atoms with van der Waals surface area (Å²) < 4.78 is 0. The van der Waals surface area contributed by atoms with Crippen LogP contribution in [0.2, 0.25) is 0 Å². The Bertz CT molecular complexity index is 301. The highest BCUT2D eigenvalue weighted by atomic mass is 15.2. The van der Waals surface area contributed by atoms with Crippen molar-refractivity contribution in [1.29, 1.82) is 0 Å². The molecule has 1 aromatic rings. The van der Waals surface area contributed by atoms with Crippen LogP contribution in [0.3, 0.4) is 0 Å². The predicted octanol–water partition coefficient (Wildman–Crippen LogP) is 2.55. The van der Waals surface area contributed by atoms with Crippen LogP contribution in [0.5, 0.6) is 0 Å².